The van der Waals surface area contributed by atoms with Gasteiger partial charge in [0.2, 0.25) is 0 Å². The molecule has 30 heavy (non-hydrogen) atoms. The molecule has 0 aliphatic heterocycles. The molecule has 8 heteroatoms. The van der Waals surface area contributed by atoms with Crippen molar-refractivity contribution in [3.05, 3.63) is 66.0 Å². The minimum atomic E-state index is -0.748. The van der Waals surface area contributed by atoms with Crippen LogP contribution >= 0.6 is 0 Å². The van der Waals surface area contributed by atoms with E-state index < -0.39 is 24.3 Å². The van der Waals surface area contributed by atoms with Crippen molar-refractivity contribution < 1.29 is 23.5 Å². The standard InChI is InChI=1S/C22H18FN3O4/c23-19-4-1-2-5-20(19)26(14-3-12-24)21(27)16-30-22(28)11-8-17-6-9-18(10-7-17)29-15-13-25/h1-2,4-11H,3,14-16H2/b11-8+. The summed E-state index contributed by atoms with van der Waals surface area (Å²) in [6.45, 7) is -0.679. The molecule has 2 rings (SSSR count). The Labute approximate surface area is 173 Å². The second kappa shape index (κ2) is 11.6. The van der Waals surface area contributed by atoms with Crippen molar-refractivity contribution >= 4 is 23.6 Å². The fraction of sp³-hybridized carbons (Fsp3) is 0.182. The van der Waals surface area contributed by atoms with Crippen LogP contribution in [-0.4, -0.2) is 31.6 Å². The molecule has 0 saturated carbocycles. The van der Waals surface area contributed by atoms with Gasteiger partial charge in [-0.05, 0) is 35.9 Å². The highest BCUT2D eigenvalue weighted by Gasteiger charge is 2.19. The summed E-state index contributed by atoms with van der Waals surface area (Å²) in [4.78, 5) is 25.4. The van der Waals surface area contributed by atoms with E-state index >= 15 is 0 Å². The monoisotopic (exact) mass is 407 g/mol. The summed E-state index contributed by atoms with van der Waals surface area (Å²) in [6, 6.07) is 16.1. The number of nitriles is 2. The summed E-state index contributed by atoms with van der Waals surface area (Å²) in [5, 5.41) is 17.2. The minimum Gasteiger partial charge on any atom is -0.479 e. The van der Waals surface area contributed by atoms with Gasteiger partial charge >= 0.3 is 5.97 Å². The Morgan fingerprint density at radius 2 is 1.80 bits per heavy atom. The molecule has 0 heterocycles. The predicted octanol–water partition coefficient (Wildman–Crippen LogP) is 3.23. The molecule has 0 atom stereocenters. The topological polar surface area (TPSA) is 103 Å². The lowest BCUT2D eigenvalue weighted by Crippen LogP contribution is -2.36. The fourth-order valence-electron chi connectivity index (χ4n) is 2.43. The van der Waals surface area contributed by atoms with Gasteiger partial charge in [-0.2, -0.15) is 10.5 Å². The van der Waals surface area contributed by atoms with E-state index in [1.165, 1.54) is 24.3 Å². The molecule has 0 bridgehead atoms. The van der Waals surface area contributed by atoms with Crippen molar-refractivity contribution in [3.8, 4) is 17.9 Å². The number of carbonyl (C=O) groups is 2. The third-order valence-corrected chi connectivity index (χ3v) is 3.82. The lowest BCUT2D eigenvalue weighted by atomic mass is 10.2. The van der Waals surface area contributed by atoms with Crippen LogP contribution in [0.2, 0.25) is 0 Å². The molecule has 0 aliphatic carbocycles. The highest BCUT2D eigenvalue weighted by atomic mass is 19.1. The molecule has 2 aromatic carbocycles. The highest BCUT2D eigenvalue weighted by molar-refractivity contribution is 5.96. The summed E-state index contributed by atoms with van der Waals surface area (Å²) >= 11 is 0. The Hall–Kier alpha value is -4.17. The highest BCUT2D eigenvalue weighted by Crippen LogP contribution is 2.19. The molecule has 0 fully saturated rings. The first-order valence-corrected chi connectivity index (χ1v) is 8.91. The lowest BCUT2D eigenvalue weighted by Gasteiger charge is -2.21. The van der Waals surface area contributed by atoms with Crippen LogP contribution in [0.1, 0.15) is 12.0 Å². The molecule has 0 saturated heterocycles. The van der Waals surface area contributed by atoms with Crippen LogP contribution in [0.15, 0.2) is 54.6 Å². The molecular weight excluding hydrogens is 389 g/mol. The lowest BCUT2D eigenvalue weighted by molar-refractivity contribution is -0.142. The molecule has 0 aliphatic rings. The number of rotatable bonds is 9. The summed E-state index contributed by atoms with van der Waals surface area (Å²) in [5.41, 5.74) is 0.702. The number of hydrogen-bond acceptors (Lipinski definition) is 6. The zero-order valence-corrected chi connectivity index (χ0v) is 16.0. The molecule has 0 unspecified atom stereocenters. The first-order valence-electron chi connectivity index (χ1n) is 8.91. The Morgan fingerprint density at radius 1 is 1.07 bits per heavy atom. The number of carbonyl (C=O) groups excluding carboxylic acids is 2. The Bertz CT molecular complexity index is 991. The maximum atomic E-state index is 14.0. The van der Waals surface area contributed by atoms with Crippen LogP contribution in [0.25, 0.3) is 6.08 Å². The van der Waals surface area contributed by atoms with E-state index in [-0.39, 0.29) is 25.3 Å². The number of ether oxygens (including phenoxy) is 2. The van der Waals surface area contributed by atoms with Crippen LogP contribution in [0.4, 0.5) is 10.1 Å². The van der Waals surface area contributed by atoms with Gasteiger partial charge in [-0.15, -0.1) is 0 Å². The van der Waals surface area contributed by atoms with Crippen molar-refractivity contribution in [2.75, 3.05) is 24.7 Å². The third kappa shape index (κ3) is 6.77. The first kappa shape index (κ1) is 22.1. The van der Waals surface area contributed by atoms with Crippen LogP contribution < -0.4 is 9.64 Å². The molecule has 0 aromatic heterocycles. The van der Waals surface area contributed by atoms with Crippen molar-refractivity contribution in [3.63, 3.8) is 0 Å². The van der Waals surface area contributed by atoms with Crippen molar-refractivity contribution in [2.45, 2.75) is 6.42 Å². The maximum absolute atomic E-state index is 14.0. The zero-order valence-electron chi connectivity index (χ0n) is 16.0. The Morgan fingerprint density at radius 3 is 2.47 bits per heavy atom. The van der Waals surface area contributed by atoms with Crippen LogP contribution in [0.3, 0.4) is 0 Å². The zero-order chi connectivity index (χ0) is 21.8. The molecule has 0 radical (unpaired) electrons. The van der Waals surface area contributed by atoms with E-state index in [0.29, 0.717) is 11.3 Å². The minimum absolute atomic E-state index is 0.00198. The molecule has 7 nitrogen and oxygen atoms in total. The van der Waals surface area contributed by atoms with Crippen molar-refractivity contribution in [1.82, 2.24) is 0 Å². The van der Waals surface area contributed by atoms with E-state index in [9.17, 15) is 14.0 Å². The first-order chi connectivity index (χ1) is 14.5. The number of anilines is 1. The fourth-order valence-corrected chi connectivity index (χ4v) is 2.43. The van der Waals surface area contributed by atoms with Crippen LogP contribution in [-0.2, 0) is 14.3 Å². The number of esters is 1. The van der Waals surface area contributed by atoms with Gasteiger partial charge in [0.1, 0.15) is 17.6 Å². The second-order valence-electron chi connectivity index (χ2n) is 5.86. The van der Waals surface area contributed by atoms with E-state index in [4.69, 9.17) is 20.0 Å². The smallest absolute Gasteiger partial charge is 0.331 e. The van der Waals surface area contributed by atoms with Crippen LogP contribution in [0.5, 0.6) is 5.75 Å². The largest absolute Gasteiger partial charge is 0.479 e. The van der Waals surface area contributed by atoms with Gasteiger partial charge in [-0.3, -0.25) is 4.79 Å². The van der Waals surface area contributed by atoms with Gasteiger partial charge in [0, 0.05) is 12.6 Å². The average Bonchev–Trinajstić information content (AvgIpc) is 2.76. The van der Waals surface area contributed by atoms with Gasteiger partial charge in [-0.25, -0.2) is 9.18 Å². The Balaban J connectivity index is 1.94. The number of benzene rings is 2. The Kier molecular flexibility index (Phi) is 8.57. The van der Waals surface area contributed by atoms with Crippen molar-refractivity contribution in [2.24, 2.45) is 0 Å². The SMILES string of the molecule is N#CCCN(C(=O)COC(=O)/C=C/c1ccc(OCC#N)cc1)c1ccccc1F. The molecule has 1 amide bonds. The van der Waals surface area contributed by atoms with E-state index in [0.717, 1.165) is 11.0 Å². The molecule has 0 spiro atoms. The summed E-state index contributed by atoms with van der Waals surface area (Å²) in [7, 11) is 0. The van der Waals surface area contributed by atoms with Gasteiger partial charge in [0.25, 0.3) is 5.91 Å². The molecule has 152 valence electrons. The van der Waals surface area contributed by atoms with Gasteiger partial charge < -0.3 is 14.4 Å². The van der Waals surface area contributed by atoms with E-state index in [1.54, 1.807) is 30.3 Å². The number of halogens is 1. The molecule has 2 aromatic rings. The maximum Gasteiger partial charge on any atom is 0.331 e. The molecule has 0 N–H and O–H groups in total. The number of nitrogens with zero attached hydrogens (tertiary/aromatic N) is 3. The van der Waals surface area contributed by atoms with E-state index in [2.05, 4.69) is 0 Å². The average molecular weight is 407 g/mol. The van der Waals surface area contributed by atoms with E-state index in [1.807, 2.05) is 12.1 Å². The summed E-state index contributed by atoms with van der Waals surface area (Å²) in [5.74, 6) is -1.48. The number of hydrogen-bond donors (Lipinski definition) is 0. The van der Waals surface area contributed by atoms with Gasteiger partial charge in [-0.1, -0.05) is 24.3 Å². The second-order valence-corrected chi connectivity index (χ2v) is 5.86. The predicted molar refractivity (Wildman–Crippen MR) is 107 cm³/mol. The van der Waals surface area contributed by atoms with Gasteiger partial charge in [0.15, 0.2) is 13.2 Å². The molecular formula is C22H18FN3O4. The van der Waals surface area contributed by atoms with Gasteiger partial charge in [0.05, 0.1) is 18.2 Å². The number of amides is 1. The number of para-hydroxylation sites is 1. The third-order valence-electron chi connectivity index (χ3n) is 3.82. The summed E-state index contributed by atoms with van der Waals surface area (Å²) in [6.07, 6.45) is 2.65. The van der Waals surface area contributed by atoms with Crippen LogP contribution in [0, 0.1) is 28.5 Å². The quantitative estimate of drug-likeness (QED) is 0.467. The normalized spacial score (nSPS) is 10.1. The van der Waals surface area contributed by atoms with Crippen molar-refractivity contribution in [1.29, 1.82) is 10.5 Å². The summed E-state index contributed by atoms with van der Waals surface area (Å²) < 4.78 is 24.1.